The molecule has 0 saturated carbocycles. The molecular formula is C12H16N2O3. The normalized spacial score (nSPS) is 19.9. The molecule has 1 heterocycles. The van der Waals surface area contributed by atoms with E-state index < -0.39 is 5.91 Å². The highest BCUT2D eigenvalue weighted by atomic mass is 16.7. The monoisotopic (exact) mass is 236 g/mol. The first-order chi connectivity index (χ1) is 8.25. The minimum absolute atomic E-state index is 0.180. The Balaban J connectivity index is 1.84. The molecule has 2 rings (SSSR count). The predicted molar refractivity (Wildman–Crippen MR) is 63.8 cm³/mol. The molecule has 1 unspecified atom stereocenters. The molecule has 1 fully saturated rings. The molecule has 92 valence electrons. The Morgan fingerprint density at radius 3 is 2.76 bits per heavy atom. The number of primary amides is 1. The van der Waals surface area contributed by atoms with E-state index in [2.05, 4.69) is 5.32 Å². The second kappa shape index (κ2) is 5.65. The summed E-state index contributed by atoms with van der Waals surface area (Å²) >= 11 is 0. The van der Waals surface area contributed by atoms with Crippen molar-refractivity contribution < 1.29 is 14.3 Å². The van der Waals surface area contributed by atoms with Gasteiger partial charge >= 0.3 is 0 Å². The number of anilines is 1. The quantitative estimate of drug-likeness (QED) is 0.816. The van der Waals surface area contributed by atoms with Gasteiger partial charge in [-0.3, -0.25) is 4.79 Å². The molecule has 0 bridgehead atoms. The van der Waals surface area contributed by atoms with Crippen molar-refractivity contribution in [3.63, 3.8) is 0 Å². The number of benzene rings is 1. The van der Waals surface area contributed by atoms with Crippen LogP contribution in [-0.2, 0) is 9.47 Å². The highest BCUT2D eigenvalue weighted by molar-refractivity contribution is 5.93. The number of carbonyl (C=O) groups excluding carboxylic acids is 1. The van der Waals surface area contributed by atoms with Crippen molar-refractivity contribution in [2.75, 3.05) is 25.3 Å². The maximum Gasteiger partial charge on any atom is 0.248 e. The number of nitrogens with two attached hydrogens (primary N) is 1. The molecule has 3 N–H and O–H groups in total. The molecule has 1 aliphatic heterocycles. The summed E-state index contributed by atoms with van der Waals surface area (Å²) in [5.74, 6) is -0.413. The molecule has 1 atom stereocenters. The van der Waals surface area contributed by atoms with E-state index in [0.29, 0.717) is 12.4 Å². The van der Waals surface area contributed by atoms with E-state index in [-0.39, 0.29) is 6.10 Å². The van der Waals surface area contributed by atoms with E-state index in [9.17, 15) is 4.79 Å². The van der Waals surface area contributed by atoms with Crippen LogP contribution in [0.2, 0.25) is 0 Å². The maximum atomic E-state index is 10.9. The minimum Gasteiger partial charge on any atom is -0.382 e. The largest absolute Gasteiger partial charge is 0.382 e. The van der Waals surface area contributed by atoms with Crippen molar-refractivity contribution in [3.8, 4) is 0 Å². The molecule has 5 heteroatoms. The van der Waals surface area contributed by atoms with E-state index in [1.807, 2.05) is 12.1 Å². The lowest BCUT2D eigenvalue weighted by Gasteiger charge is -2.23. The zero-order chi connectivity index (χ0) is 12.1. The molecule has 1 aromatic rings. The highest BCUT2D eigenvalue weighted by Gasteiger charge is 2.13. The average Bonchev–Trinajstić information content (AvgIpc) is 2.38. The second-order valence-corrected chi connectivity index (χ2v) is 3.93. The van der Waals surface area contributed by atoms with Crippen molar-refractivity contribution in [2.45, 2.75) is 12.5 Å². The van der Waals surface area contributed by atoms with E-state index in [4.69, 9.17) is 15.2 Å². The second-order valence-electron chi connectivity index (χ2n) is 3.93. The molecule has 17 heavy (non-hydrogen) atoms. The van der Waals surface area contributed by atoms with Crippen LogP contribution in [0.25, 0.3) is 0 Å². The lowest BCUT2D eigenvalue weighted by atomic mass is 10.2. The van der Waals surface area contributed by atoms with Gasteiger partial charge in [-0.2, -0.15) is 0 Å². The third-order valence-electron chi connectivity index (χ3n) is 2.67. The average molecular weight is 236 g/mol. The lowest BCUT2D eigenvalue weighted by molar-refractivity contribution is -0.133. The number of amides is 1. The van der Waals surface area contributed by atoms with Gasteiger partial charge in [0.1, 0.15) is 6.79 Å². The van der Waals surface area contributed by atoms with Crippen molar-refractivity contribution >= 4 is 11.6 Å². The van der Waals surface area contributed by atoms with Crippen LogP contribution in [0.1, 0.15) is 16.8 Å². The molecule has 0 spiro atoms. The van der Waals surface area contributed by atoms with Gasteiger partial charge in [0.05, 0.1) is 12.7 Å². The molecule has 0 aliphatic carbocycles. The van der Waals surface area contributed by atoms with Gasteiger partial charge in [-0.15, -0.1) is 0 Å². The minimum atomic E-state index is -0.413. The summed E-state index contributed by atoms with van der Waals surface area (Å²) in [6, 6.07) is 7.07. The number of hydrogen-bond acceptors (Lipinski definition) is 4. The topological polar surface area (TPSA) is 73.6 Å². The van der Waals surface area contributed by atoms with Crippen molar-refractivity contribution in [1.29, 1.82) is 0 Å². The van der Waals surface area contributed by atoms with Gasteiger partial charge in [0.2, 0.25) is 5.91 Å². The summed E-state index contributed by atoms with van der Waals surface area (Å²) in [6.45, 7) is 1.85. The molecule has 1 saturated heterocycles. The molecule has 5 nitrogen and oxygen atoms in total. The van der Waals surface area contributed by atoms with Crippen LogP contribution >= 0.6 is 0 Å². The van der Waals surface area contributed by atoms with E-state index in [0.717, 1.165) is 25.3 Å². The molecule has 0 radical (unpaired) electrons. The first-order valence-corrected chi connectivity index (χ1v) is 5.59. The molecular weight excluding hydrogens is 220 g/mol. The summed E-state index contributed by atoms with van der Waals surface area (Å²) in [6.07, 6.45) is 1.08. The number of rotatable bonds is 4. The summed E-state index contributed by atoms with van der Waals surface area (Å²) in [5.41, 5.74) is 6.62. The molecule has 1 amide bonds. The van der Waals surface area contributed by atoms with Crippen LogP contribution in [0, 0.1) is 0 Å². The molecule has 0 aromatic heterocycles. The van der Waals surface area contributed by atoms with Crippen LogP contribution in [0.5, 0.6) is 0 Å². The van der Waals surface area contributed by atoms with Crippen LogP contribution in [-0.4, -0.2) is 32.0 Å². The highest BCUT2D eigenvalue weighted by Crippen LogP contribution is 2.11. The zero-order valence-electron chi connectivity index (χ0n) is 9.52. The van der Waals surface area contributed by atoms with Crippen LogP contribution < -0.4 is 11.1 Å². The maximum absolute atomic E-state index is 10.9. The fourth-order valence-corrected chi connectivity index (χ4v) is 1.65. The van der Waals surface area contributed by atoms with Crippen LogP contribution in [0.3, 0.4) is 0 Å². The third-order valence-corrected chi connectivity index (χ3v) is 2.67. The van der Waals surface area contributed by atoms with Gasteiger partial charge < -0.3 is 20.5 Å². The Labute approximate surface area is 99.9 Å². The molecule has 1 aliphatic rings. The Kier molecular flexibility index (Phi) is 3.95. The van der Waals surface area contributed by atoms with Gasteiger partial charge in [-0.05, 0) is 30.7 Å². The van der Waals surface area contributed by atoms with E-state index in [1.54, 1.807) is 12.1 Å². The summed E-state index contributed by atoms with van der Waals surface area (Å²) in [5, 5.41) is 3.25. The van der Waals surface area contributed by atoms with Gasteiger partial charge in [-0.1, -0.05) is 0 Å². The van der Waals surface area contributed by atoms with Gasteiger partial charge in [0.15, 0.2) is 0 Å². The fraction of sp³-hybridized carbons (Fsp3) is 0.417. The van der Waals surface area contributed by atoms with Gasteiger partial charge in [0, 0.05) is 17.8 Å². The number of hydrogen-bond donors (Lipinski definition) is 2. The van der Waals surface area contributed by atoms with Crippen molar-refractivity contribution in [3.05, 3.63) is 29.8 Å². The number of ether oxygens (including phenoxy) is 2. The zero-order valence-corrected chi connectivity index (χ0v) is 9.52. The standard InChI is InChI=1S/C12H16N2O3/c13-12(15)9-1-3-10(4-2-9)14-7-11-5-6-16-8-17-11/h1-4,11,14H,5-8H2,(H2,13,15). The van der Waals surface area contributed by atoms with Crippen LogP contribution in [0.4, 0.5) is 5.69 Å². The van der Waals surface area contributed by atoms with Gasteiger partial charge in [0.25, 0.3) is 0 Å². The SMILES string of the molecule is NC(=O)c1ccc(NCC2CCOCO2)cc1. The predicted octanol–water partition coefficient (Wildman–Crippen LogP) is 0.960. The number of nitrogens with one attached hydrogen (secondary N) is 1. The lowest BCUT2D eigenvalue weighted by Crippen LogP contribution is -2.30. The van der Waals surface area contributed by atoms with Gasteiger partial charge in [-0.25, -0.2) is 0 Å². The van der Waals surface area contributed by atoms with Crippen molar-refractivity contribution in [1.82, 2.24) is 0 Å². The van der Waals surface area contributed by atoms with Crippen LogP contribution in [0.15, 0.2) is 24.3 Å². The first kappa shape index (κ1) is 11.9. The van der Waals surface area contributed by atoms with Crippen molar-refractivity contribution in [2.24, 2.45) is 5.73 Å². The van der Waals surface area contributed by atoms with E-state index >= 15 is 0 Å². The smallest absolute Gasteiger partial charge is 0.248 e. The summed E-state index contributed by atoms with van der Waals surface area (Å²) in [4.78, 5) is 10.9. The fourth-order valence-electron chi connectivity index (χ4n) is 1.65. The number of carbonyl (C=O) groups is 1. The third kappa shape index (κ3) is 3.44. The molecule has 1 aromatic carbocycles. The first-order valence-electron chi connectivity index (χ1n) is 5.59. The summed E-state index contributed by atoms with van der Waals surface area (Å²) < 4.78 is 10.5. The Hall–Kier alpha value is -1.59. The Morgan fingerprint density at radius 1 is 1.41 bits per heavy atom. The Bertz CT molecular complexity index is 372. The summed E-state index contributed by atoms with van der Waals surface area (Å²) in [7, 11) is 0. The van der Waals surface area contributed by atoms with E-state index in [1.165, 1.54) is 0 Å². The Morgan fingerprint density at radius 2 is 2.18 bits per heavy atom.